The summed E-state index contributed by atoms with van der Waals surface area (Å²) in [5.74, 6) is -1.59. The molecule has 0 radical (unpaired) electrons. The highest BCUT2D eigenvalue weighted by Gasteiger charge is 2.44. The van der Waals surface area contributed by atoms with Gasteiger partial charge in [0, 0.05) is 7.11 Å². The molecule has 130 valence electrons. The van der Waals surface area contributed by atoms with Crippen molar-refractivity contribution in [3.63, 3.8) is 0 Å². The number of rotatable bonds is 10. The molecule has 0 saturated carbocycles. The van der Waals surface area contributed by atoms with Crippen molar-refractivity contribution in [2.24, 2.45) is 11.3 Å². The van der Waals surface area contributed by atoms with Crippen LogP contribution in [0.4, 0.5) is 0 Å². The molecule has 0 rings (SSSR count). The number of carbonyl (C=O) groups excluding carboxylic acids is 2. The summed E-state index contributed by atoms with van der Waals surface area (Å²) in [6, 6.07) is 0. The van der Waals surface area contributed by atoms with E-state index < -0.39 is 29.4 Å². The van der Waals surface area contributed by atoms with Gasteiger partial charge in [0.2, 0.25) is 0 Å². The molecule has 0 aromatic heterocycles. The van der Waals surface area contributed by atoms with Crippen molar-refractivity contribution in [1.82, 2.24) is 0 Å². The maximum Gasteiger partial charge on any atom is 0.336 e. The molecule has 0 heterocycles. The van der Waals surface area contributed by atoms with Crippen LogP contribution in [0.5, 0.6) is 0 Å². The van der Waals surface area contributed by atoms with Gasteiger partial charge in [0.15, 0.2) is 6.10 Å². The van der Waals surface area contributed by atoms with Crippen LogP contribution in [0.2, 0.25) is 0 Å². The zero-order chi connectivity index (χ0) is 17.2. The van der Waals surface area contributed by atoms with E-state index in [1.807, 2.05) is 34.6 Å². The molecule has 0 bridgehead atoms. The van der Waals surface area contributed by atoms with Crippen molar-refractivity contribution in [3.8, 4) is 0 Å². The highest BCUT2D eigenvalue weighted by molar-refractivity contribution is 5.84. The topological polar surface area (TPSA) is 61.8 Å². The predicted octanol–water partition coefficient (Wildman–Crippen LogP) is 3.35. The van der Waals surface area contributed by atoms with Gasteiger partial charge in [-0.25, -0.2) is 4.79 Å². The Hall–Kier alpha value is -1.10. The van der Waals surface area contributed by atoms with Gasteiger partial charge in [0.05, 0.1) is 19.1 Å². The van der Waals surface area contributed by atoms with Gasteiger partial charge in [-0.2, -0.15) is 0 Å². The Bertz CT molecular complexity index is 332. The molecule has 2 atom stereocenters. The summed E-state index contributed by atoms with van der Waals surface area (Å²) in [5.41, 5.74) is -0.465. The third-order valence-electron chi connectivity index (χ3n) is 3.46. The van der Waals surface area contributed by atoms with Gasteiger partial charge in [-0.15, -0.1) is 0 Å². The van der Waals surface area contributed by atoms with E-state index >= 15 is 0 Å². The van der Waals surface area contributed by atoms with Crippen LogP contribution < -0.4 is 0 Å². The zero-order valence-electron chi connectivity index (χ0n) is 14.9. The van der Waals surface area contributed by atoms with Gasteiger partial charge in [-0.05, 0) is 18.3 Å². The smallest absolute Gasteiger partial charge is 0.336 e. The number of esters is 2. The summed E-state index contributed by atoms with van der Waals surface area (Å²) < 4.78 is 15.8. The van der Waals surface area contributed by atoms with Gasteiger partial charge in [-0.1, -0.05) is 47.5 Å². The molecule has 22 heavy (non-hydrogen) atoms. The van der Waals surface area contributed by atoms with Gasteiger partial charge >= 0.3 is 11.9 Å². The minimum atomic E-state index is -0.939. The van der Waals surface area contributed by atoms with E-state index in [1.165, 1.54) is 7.11 Å². The summed E-state index contributed by atoms with van der Waals surface area (Å²) >= 11 is 0. The summed E-state index contributed by atoms with van der Waals surface area (Å²) in [6.45, 7) is 10.4. The lowest BCUT2D eigenvalue weighted by Gasteiger charge is -2.33. The van der Waals surface area contributed by atoms with Crippen LogP contribution in [0, 0.1) is 11.3 Å². The van der Waals surface area contributed by atoms with Crippen molar-refractivity contribution in [2.45, 2.75) is 66.4 Å². The number of hydrogen-bond donors (Lipinski definition) is 0. The quantitative estimate of drug-likeness (QED) is 0.457. The summed E-state index contributed by atoms with van der Waals surface area (Å²) in [4.78, 5) is 24.6. The van der Waals surface area contributed by atoms with Crippen LogP contribution in [0.3, 0.4) is 0 Å². The Morgan fingerprint density at radius 1 is 0.909 bits per heavy atom. The number of hydrogen-bond acceptors (Lipinski definition) is 5. The number of methoxy groups -OCH3 is 1. The highest BCUT2D eigenvalue weighted by Crippen LogP contribution is 2.32. The van der Waals surface area contributed by atoms with Crippen molar-refractivity contribution in [2.75, 3.05) is 20.3 Å². The van der Waals surface area contributed by atoms with Crippen molar-refractivity contribution >= 4 is 11.9 Å². The van der Waals surface area contributed by atoms with Crippen LogP contribution in [0.15, 0.2) is 0 Å². The molecule has 0 aliphatic heterocycles. The van der Waals surface area contributed by atoms with Gasteiger partial charge in [0.1, 0.15) is 0 Å². The summed E-state index contributed by atoms with van der Waals surface area (Å²) in [7, 11) is 1.42. The first-order valence-corrected chi connectivity index (χ1v) is 8.15. The maximum atomic E-state index is 12.4. The maximum absolute atomic E-state index is 12.4. The molecule has 2 unspecified atom stereocenters. The summed E-state index contributed by atoms with van der Waals surface area (Å²) in [5, 5.41) is 0. The fourth-order valence-electron chi connectivity index (χ4n) is 2.11. The lowest BCUT2D eigenvalue weighted by molar-refractivity contribution is -0.174. The van der Waals surface area contributed by atoms with E-state index in [0.29, 0.717) is 13.2 Å². The van der Waals surface area contributed by atoms with E-state index in [1.54, 1.807) is 0 Å². The Kier molecular flexibility index (Phi) is 10.1. The monoisotopic (exact) mass is 316 g/mol. The molecule has 0 aromatic carbocycles. The molecule has 0 saturated heterocycles. The molecule has 0 aliphatic rings. The second-order valence-corrected chi connectivity index (χ2v) is 6.54. The first kappa shape index (κ1) is 20.9. The van der Waals surface area contributed by atoms with Crippen molar-refractivity contribution in [1.29, 1.82) is 0 Å². The Labute approximate surface area is 134 Å². The largest absolute Gasteiger partial charge is 0.465 e. The molecule has 0 fully saturated rings. The van der Waals surface area contributed by atoms with E-state index in [-0.39, 0.29) is 0 Å². The lowest BCUT2D eigenvalue weighted by Crippen LogP contribution is -2.45. The van der Waals surface area contributed by atoms with Crippen LogP contribution in [0.25, 0.3) is 0 Å². The minimum Gasteiger partial charge on any atom is -0.465 e. The molecule has 0 amide bonds. The first-order chi connectivity index (χ1) is 10.3. The molecule has 0 N–H and O–H groups in total. The van der Waals surface area contributed by atoms with Gasteiger partial charge in [-0.3, -0.25) is 4.79 Å². The number of ether oxygens (including phenoxy) is 3. The predicted molar refractivity (Wildman–Crippen MR) is 85.5 cm³/mol. The van der Waals surface area contributed by atoms with Crippen LogP contribution >= 0.6 is 0 Å². The van der Waals surface area contributed by atoms with Crippen LogP contribution in [-0.4, -0.2) is 38.4 Å². The third kappa shape index (κ3) is 7.25. The van der Waals surface area contributed by atoms with Crippen LogP contribution in [-0.2, 0) is 23.8 Å². The molecule has 5 nitrogen and oxygen atoms in total. The molecule has 0 aromatic rings. The zero-order valence-corrected chi connectivity index (χ0v) is 14.9. The molecular formula is C17H32O5. The fourth-order valence-corrected chi connectivity index (χ4v) is 2.11. The number of unbranched alkanes of at least 4 members (excludes halogenated alkanes) is 2. The second kappa shape index (κ2) is 10.6. The van der Waals surface area contributed by atoms with E-state index in [4.69, 9.17) is 14.2 Å². The first-order valence-electron chi connectivity index (χ1n) is 8.15. The van der Waals surface area contributed by atoms with Gasteiger partial charge < -0.3 is 14.2 Å². The minimum absolute atomic E-state index is 0.344. The Morgan fingerprint density at radius 2 is 1.36 bits per heavy atom. The van der Waals surface area contributed by atoms with E-state index in [0.717, 1.165) is 25.7 Å². The second-order valence-electron chi connectivity index (χ2n) is 6.54. The average molecular weight is 316 g/mol. The van der Waals surface area contributed by atoms with Gasteiger partial charge in [0.25, 0.3) is 0 Å². The third-order valence-corrected chi connectivity index (χ3v) is 3.46. The molecular weight excluding hydrogens is 284 g/mol. The molecule has 5 heteroatoms. The molecule has 0 aliphatic carbocycles. The highest BCUT2D eigenvalue weighted by atomic mass is 16.6. The van der Waals surface area contributed by atoms with E-state index in [9.17, 15) is 9.59 Å². The standard InChI is InChI=1S/C17H32O5/c1-7-9-11-21-15(18)13(17(3,4)5)14(20-6)16(19)22-12-10-8-2/h13-14H,7-12H2,1-6H3. The van der Waals surface area contributed by atoms with Crippen molar-refractivity contribution in [3.05, 3.63) is 0 Å². The van der Waals surface area contributed by atoms with Crippen LogP contribution in [0.1, 0.15) is 60.3 Å². The fraction of sp³-hybridized carbons (Fsp3) is 0.882. The Morgan fingerprint density at radius 3 is 1.73 bits per heavy atom. The SMILES string of the molecule is CCCCOC(=O)C(OC)C(C(=O)OCCCC)C(C)(C)C. The average Bonchev–Trinajstić information content (AvgIpc) is 2.43. The van der Waals surface area contributed by atoms with Crippen molar-refractivity contribution < 1.29 is 23.8 Å². The Balaban J connectivity index is 4.96. The summed E-state index contributed by atoms with van der Waals surface area (Å²) in [6.07, 6.45) is 2.54. The number of carbonyl (C=O) groups is 2. The normalized spacial score (nSPS) is 14.3. The molecule has 0 spiro atoms. The lowest BCUT2D eigenvalue weighted by atomic mass is 9.77. The van der Waals surface area contributed by atoms with E-state index in [2.05, 4.69) is 0 Å².